The maximum Gasteiger partial charge on any atom is 0.416 e. The lowest BCUT2D eigenvalue weighted by molar-refractivity contribution is -0.137. The molecule has 0 fully saturated rings. The van der Waals surface area contributed by atoms with E-state index in [9.17, 15) is 13.2 Å². The van der Waals surface area contributed by atoms with E-state index in [2.05, 4.69) is 5.32 Å². The van der Waals surface area contributed by atoms with Gasteiger partial charge in [0.2, 0.25) is 0 Å². The molecule has 0 saturated carbocycles. The second-order valence-corrected chi connectivity index (χ2v) is 4.94. The third kappa shape index (κ3) is 4.04. The van der Waals surface area contributed by atoms with E-state index < -0.39 is 11.7 Å². The molecule has 2 aromatic carbocycles. The van der Waals surface area contributed by atoms with Crippen molar-refractivity contribution in [2.45, 2.75) is 12.7 Å². The van der Waals surface area contributed by atoms with E-state index in [-0.39, 0.29) is 0 Å². The molecule has 0 aliphatic heterocycles. The normalized spacial score (nSPS) is 11.1. The molecule has 0 spiro atoms. The van der Waals surface area contributed by atoms with E-state index >= 15 is 0 Å². The van der Waals surface area contributed by atoms with Crippen molar-refractivity contribution >= 4 is 5.69 Å². The van der Waals surface area contributed by atoms with E-state index in [0.717, 1.165) is 17.7 Å². The van der Waals surface area contributed by atoms with Gasteiger partial charge < -0.3 is 19.5 Å². The summed E-state index contributed by atoms with van der Waals surface area (Å²) in [5, 5.41) is 3.06. The predicted molar refractivity (Wildman–Crippen MR) is 84.9 cm³/mol. The number of alkyl halides is 3. The van der Waals surface area contributed by atoms with Crippen LogP contribution < -0.4 is 19.5 Å². The van der Waals surface area contributed by atoms with Gasteiger partial charge in [-0.2, -0.15) is 13.2 Å². The lowest BCUT2D eigenvalue weighted by Gasteiger charge is -2.16. The average molecular weight is 341 g/mol. The van der Waals surface area contributed by atoms with Crippen molar-refractivity contribution < 1.29 is 27.4 Å². The zero-order valence-electron chi connectivity index (χ0n) is 13.5. The van der Waals surface area contributed by atoms with Crippen LogP contribution in [0, 0.1) is 0 Å². The Bertz CT molecular complexity index is 659. The lowest BCUT2D eigenvalue weighted by atomic mass is 10.1. The van der Waals surface area contributed by atoms with Gasteiger partial charge in [-0.3, -0.25) is 0 Å². The molecule has 2 rings (SSSR count). The first kappa shape index (κ1) is 17.8. The summed E-state index contributed by atoms with van der Waals surface area (Å²) in [4.78, 5) is 0. The molecule has 0 aromatic heterocycles. The van der Waals surface area contributed by atoms with E-state index in [4.69, 9.17) is 14.2 Å². The number of nitrogens with one attached hydrogen (secondary N) is 1. The van der Waals surface area contributed by atoms with Crippen LogP contribution in [-0.4, -0.2) is 21.3 Å². The first-order valence-electron chi connectivity index (χ1n) is 7.09. The molecule has 0 atom stereocenters. The van der Waals surface area contributed by atoms with Gasteiger partial charge in [0.05, 0.1) is 32.5 Å². The Morgan fingerprint density at radius 2 is 1.42 bits per heavy atom. The number of anilines is 1. The van der Waals surface area contributed by atoms with E-state index in [0.29, 0.717) is 29.5 Å². The van der Waals surface area contributed by atoms with Crippen molar-refractivity contribution in [2.24, 2.45) is 0 Å². The molecule has 0 unspecified atom stereocenters. The molecule has 0 amide bonds. The second-order valence-electron chi connectivity index (χ2n) is 4.94. The number of ether oxygens (including phenoxy) is 3. The van der Waals surface area contributed by atoms with E-state index in [1.54, 1.807) is 12.1 Å². The molecular formula is C17H18F3NO3. The standard InChI is InChI=1S/C17H18F3NO3/c1-22-13-8-15(23-2)14(16(9-13)24-3)10-21-12-6-4-11(5-7-12)17(18,19)20/h4-9,21H,10H2,1-3H3. The first-order valence-corrected chi connectivity index (χ1v) is 7.09. The summed E-state index contributed by atoms with van der Waals surface area (Å²) in [6.07, 6.45) is -4.35. The zero-order valence-corrected chi connectivity index (χ0v) is 13.5. The van der Waals surface area contributed by atoms with Crippen LogP contribution in [0.1, 0.15) is 11.1 Å². The topological polar surface area (TPSA) is 39.7 Å². The van der Waals surface area contributed by atoms with Gasteiger partial charge in [0.25, 0.3) is 0 Å². The van der Waals surface area contributed by atoms with Crippen LogP contribution in [0.3, 0.4) is 0 Å². The maximum atomic E-state index is 12.6. The van der Waals surface area contributed by atoms with Gasteiger partial charge in [-0.25, -0.2) is 0 Å². The molecule has 24 heavy (non-hydrogen) atoms. The van der Waals surface area contributed by atoms with Crippen molar-refractivity contribution in [2.75, 3.05) is 26.6 Å². The Morgan fingerprint density at radius 1 is 0.875 bits per heavy atom. The van der Waals surface area contributed by atoms with Crippen LogP contribution in [0.25, 0.3) is 0 Å². The third-order valence-corrected chi connectivity index (χ3v) is 3.50. The Morgan fingerprint density at radius 3 is 1.83 bits per heavy atom. The summed E-state index contributed by atoms with van der Waals surface area (Å²) < 4.78 is 53.6. The summed E-state index contributed by atoms with van der Waals surface area (Å²) in [5.41, 5.74) is 0.608. The van der Waals surface area contributed by atoms with Crippen LogP contribution in [0.2, 0.25) is 0 Å². The number of hydrogen-bond acceptors (Lipinski definition) is 4. The molecule has 0 bridgehead atoms. The molecule has 0 heterocycles. The molecule has 0 radical (unpaired) electrons. The fraction of sp³-hybridized carbons (Fsp3) is 0.294. The van der Waals surface area contributed by atoms with Crippen molar-refractivity contribution in [1.82, 2.24) is 0 Å². The molecule has 7 heteroatoms. The van der Waals surface area contributed by atoms with Gasteiger partial charge in [-0.05, 0) is 24.3 Å². The molecule has 0 aliphatic rings. The minimum Gasteiger partial charge on any atom is -0.496 e. The Hall–Kier alpha value is -2.57. The quantitative estimate of drug-likeness (QED) is 0.848. The smallest absolute Gasteiger partial charge is 0.416 e. The molecule has 4 nitrogen and oxygen atoms in total. The molecule has 2 aromatic rings. The van der Waals surface area contributed by atoms with Crippen LogP contribution in [0.5, 0.6) is 17.2 Å². The van der Waals surface area contributed by atoms with Crippen molar-refractivity contribution in [3.8, 4) is 17.2 Å². The fourth-order valence-electron chi connectivity index (χ4n) is 2.22. The summed E-state index contributed by atoms with van der Waals surface area (Å²) in [7, 11) is 4.58. The second kappa shape index (κ2) is 7.33. The van der Waals surface area contributed by atoms with Crippen LogP contribution >= 0.6 is 0 Å². The van der Waals surface area contributed by atoms with Crippen molar-refractivity contribution in [1.29, 1.82) is 0 Å². The monoisotopic (exact) mass is 341 g/mol. The predicted octanol–water partition coefficient (Wildman–Crippen LogP) is 4.34. The van der Waals surface area contributed by atoms with Gasteiger partial charge in [0.15, 0.2) is 0 Å². The third-order valence-electron chi connectivity index (χ3n) is 3.50. The van der Waals surface area contributed by atoms with Crippen molar-refractivity contribution in [3.63, 3.8) is 0 Å². The number of hydrogen-bond donors (Lipinski definition) is 1. The van der Waals surface area contributed by atoms with E-state index in [1.165, 1.54) is 33.5 Å². The van der Waals surface area contributed by atoms with Gasteiger partial charge in [0.1, 0.15) is 17.2 Å². The maximum absolute atomic E-state index is 12.6. The number of benzene rings is 2. The zero-order chi connectivity index (χ0) is 17.7. The highest BCUT2D eigenvalue weighted by atomic mass is 19.4. The Kier molecular flexibility index (Phi) is 5.43. The van der Waals surface area contributed by atoms with E-state index in [1.807, 2.05) is 0 Å². The largest absolute Gasteiger partial charge is 0.496 e. The van der Waals surface area contributed by atoms with Gasteiger partial charge in [0, 0.05) is 24.4 Å². The molecule has 1 N–H and O–H groups in total. The number of methoxy groups -OCH3 is 3. The summed E-state index contributed by atoms with van der Waals surface area (Å²) in [6, 6.07) is 8.25. The summed E-state index contributed by atoms with van der Waals surface area (Å²) in [5.74, 6) is 1.71. The van der Waals surface area contributed by atoms with Gasteiger partial charge in [-0.15, -0.1) is 0 Å². The van der Waals surface area contributed by atoms with Crippen LogP contribution in [0.4, 0.5) is 18.9 Å². The van der Waals surface area contributed by atoms with Gasteiger partial charge >= 0.3 is 6.18 Å². The SMILES string of the molecule is COc1cc(OC)c(CNc2ccc(C(F)(F)F)cc2)c(OC)c1. The lowest BCUT2D eigenvalue weighted by Crippen LogP contribution is -2.06. The summed E-state index contributed by atoms with van der Waals surface area (Å²) in [6.45, 7) is 0.321. The minimum absolute atomic E-state index is 0.321. The summed E-state index contributed by atoms with van der Waals surface area (Å²) >= 11 is 0. The van der Waals surface area contributed by atoms with Crippen molar-refractivity contribution in [3.05, 3.63) is 47.5 Å². The molecule has 130 valence electrons. The fourth-order valence-corrected chi connectivity index (χ4v) is 2.22. The Labute approximate surface area is 138 Å². The molecular weight excluding hydrogens is 323 g/mol. The number of rotatable bonds is 6. The molecule has 0 saturated heterocycles. The van der Waals surface area contributed by atoms with Gasteiger partial charge in [-0.1, -0.05) is 0 Å². The van der Waals surface area contributed by atoms with Crippen LogP contribution in [0.15, 0.2) is 36.4 Å². The minimum atomic E-state index is -4.35. The Balaban J connectivity index is 2.19. The molecule has 0 aliphatic carbocycles. The highest BCUT2D eigenvalue weighted by Gasteiger charge is 2.29. The average Bonchev–Trinajstić information content (AvgIpc) is 2.58. The highest BCUT2D eigenvalue weighted by molar-refractivity contribution is 5.53. The number of halogens is 3. The first-order chi connectivity index (χ1) is 11.4. The highest BCUT2D eigenvalue weighted by Crippen LogP contribution is 2.35. The van der Waals surface area contributed by atoms with Crippen LogP contribution in [-0.2, 0) is 12.7 Å².